The van der Waals surface area contributed by atoms with Crippen LogP contribution >= 0.6 is 11.6 Å². The maximum Gasteiger partial charge on any atom is 0.0773 e. The lowest BCUT2D eigenvalue weighted by Gasteiger charge is -2.05. The summed E-state index contributed by atoms with van der Waals surface area (Å²) in [6.07, 6.45) is 4.95. The first-order chi connectivity index (χ1) is 7.31. The molecule has 0 aliphatic heterocycles. The van der Waals surface area contributed by atoms with E-state index in [4.69, 9.17) is 11.6 Å². The highest BCUT2D eigenvalue weighted by atomic mass is 35.5. The van der Waals surface area contributed by atoms with Gasteiger partial charge in [-0.2, -0.15) is 0 Å². The topological polar surface area (TPSA) is 46.0 Å². The Bertz CT molecular complexity index is 459. The average molecular weight is 221 g/mol. The molecule has 2 heterocycles. The predicted octanol–water partition coefficient (Wildman–Crippen LogP) is 2.29. The standard InChI is InChI=1S/C11H9ClN2O/c12-10-4-9(7-15)11(14-6-10)8-2-1-3-13-5-8/h1-6,15H,7H2. The van der Waals surface area contributed by atoms with Gasteiger partial charge in [0.25, 0.3) is 0 Å². The number of pyridine rings is 2. The number of hydrogen-bond donors (Lipinski definition) is 1. The van der Waals surface area contributed by atoms with Gasteiger partial charge in [-0.3, -0.25) is 9.97 Å². The minimum absolute atomic E-state index is 0.0855. The largest absolute Gasteiger partial charge is 0.392 e. The van der Waals surface area contributed by atoms with E-state index in [9.17, 15) is 5.11 Å². The molecule has 76 valence electrons. The first kappa shape index (κ1) is 10.1. The SMILES string of the molecule is OCc1cc(Cl)cnc1-c1cccnc1. The second-order valence-corrected chi connectivity index (χ2v) is 3.50. The summed E-state index contributed by atoms with van der Waals surface area (Å²) in [5.41, 5.74) is 2.30. The Morgan fingerprint density at radius 2 is 2.20 bits per heavy atom. The van der Waals surface area contributed by atoms with Crippen molar-refractivity contribution in [3.63, 3.8) is 0 Å². The van der Waals surface area contributed by atoms with Gasteiger partial charge in [0.2, 0.25) is 0 Å². The van der Waals surface area contributed by atoms with E-state index in [0.717, 1.165) is 11.3 Å². The van der Waals surface area contributed by atoms with Gasteiger partial charge in [0.15, 0.2) is 0 Å². The van der Waals surface area contributed by atoms with E-state index in [0.29, 0.717) is 10.6 Å². The van der Waals surface area contributed by atoms with Crippen LogP contribution in [-0.4, -0.2) is 15.1 Å². The summed E-state index contributed by atoms with van der Waals surface area (Å²) in [6.45, 7) is -0.0855. The zero-order valence-electron chi connectivity index (χ0n) is 7.89. The van der Waals surface area contributed by atoms with Gasteiger partial charge in [0.1, 0.15) is 0 Å². The Morgan fingerprint density at radius 3 is 2.87 bits per heavy atom. The fourth-order valence-electron chi connectivity index (χ4n) is 1.36. The second kappa shape index (κ2) is 4.38. The second-order valence-electron chi connectivity index (χ2n) is 3.06. The van der Waals surface area contributed by atoms with E-state index in [2.05, 4.69) is 9.97 Å². The maximum absolute atomic E-state index is 9.19. The average Bonchev–Trinajstić information content (AvgIpc) is 2.30. The smallest absolute Gasteiger partial charge is 0.0773 e. The van der Waals surface area contributed by atoms with Gasteiger partial charge in [-0.25, -0.2) is 0 Å². The van der Waals surface area contributed by atoms with Crippen LogP contribution < -0.4 is 0 Å². The zero-order valence-corrected chi connectivity index (χ0v) is 8.65. The highest BCUT2D eigenvalue weighted by Crippen LogP contribution is 2.22. The fourth-order valence-corrected chi connectivity index (χ4v) is 1.54. The van der Waals surface area contributed by atoms with Gasteiger partial charge in [0.05, 0.1) is 17.3 Å². The van der Waals surface area contributed by atoms with Gasteiger partial charge in [-0.1, -0.05) is 11.6 Å². The molecule has 0 saturated carbocycles. The molecule has 3 nitrogen and oxygen atoms in total. The molecule has 2 aromatic heterocycles. The lowest BCUT2D eigenvalue weighted by Crippen LogP contribution is -1.93. The molecular weight excluding hydrogens is 212 g/mol. The Morgan fingerprint density at radius 1 is 1.33 bits per heavy atom. The summed E-state index contributed by atoms with van der Waals surface area (Å²) < 4.78 is 0. The Labute approximate surface area is 92.4 Å². The van der Waals surface area contributed by atoms with Crippen LogP contribution in [0.25, 0.3) is 11.3 Å². The van der Waals surface area contributed by atoms with Gasteiger partial charge in [-0.15, -0.1) is 0 Å². The zero-order chi connectivity index (χ0) is 10.7. The van der Waals surface area contributed by atoms with E-state index >= 15 is 0 Å². The van der Waals surface area contributed by atoms with Crippen LogP contribution in [0.3, 0.4) is 0 Å². The molecule has 4 heteroatoms. The van der Waals surface area contributed by atoms with E-state index in [1.807, 2.05) is 12.1 Å². The lowest BCUT2D eigenvalue weighted by molar-refractivity contribution is 0.282. The third kappa shape index (κ3) is 2.14. The number of aromatic nitrogens is 2. The quantitative estimate of drug-likeness (QED) is 0.845. The maximum atomic E-state index is 9.19. The highest BCUT2D eigenvalue weighted by molar-refractivity contribution is 6.30. The van der Waals surface area contributed by atoms with E-state index in [1.54, 1.807) is 24.7 Å². The molecule has 0 amide bonds. The predicted molar refractivity (Wildman–Crippen MR) is 58.4 cm³/mol. The normalized spacial score (nSPS) is 10.3. The van der Waals surface area contributed by atoms with Crippen LogP contribution in [-0.2, 0) is 6.61 Å². The fraction of sp³-hybridized carbons (Fsp3) is 0.0909. The minimum Gasteiger partial charge on any atom is -0.392 e. The van der Waals surface area contributed by atoms with Gasteiger partial charge in [0, 0.05) is 29.7 Å². The molecule has 0 aliphatic rings. The Hall–Kier alpha value is -1.45. The van der Waals surface area contributed by atoms with Gasteiger partial charge < -0.3 is 5.11 Å². The molecule has 2 aromatic rings. The van der Waals surface area contributed by atoms with Crippen LogP contribution in [0.5, 0.6) is 0 Å². The van der Waals surface area contributed by atoms with Crippen molar-refractivity contribution in [2.45, 2.75) is 6.61 Å². The molecule has 0 saturated heterocycles. The molecule has 0 fully saturated rings. The molecule has 0 unspecified atom stereocenters. The van der Waals surface area contributed by atoms with Crippen LogP contribution in [0, 0.1) is 0 Å². The van der Waals surface area contributed by atoms with Crippen LogP contribution in [0.2, 0.25) is 5.02 Å². The van der Waals surface area contributed by atoms with Crippen molar-refractivity contribution in [2.75, 3.05) is 0 Å². The lowest BCUT2D eigenvalue weighted by atomic mass is 10.1. The number of aliphatic hydroxyl groups excluding tert-OH is 1. The highest BCUT2D eigenvalue weighted by Gasteiger charge is 2.06. The van der Waals surface area contributed by atoms with Crippen molar-refractivity contribution in [2.24, 2.45) is 0 Å². The Kier molecular flexibility index (Phi) is 2.94. The van der Waals surface area contributed by atoms with Crippen molar-refractivity contribution in [3.05, 3.63) is 47.4 Å². The summed E-state index contributed by atoms with van der Waals surface area (Å²) in [5, 5.41) is 9.71. The molecule has 15 heavy (non-hydrogen) atoms. The van der Waals surface area contributed by atoms with Crippen molar-refractivity contribution >= 4 is 11.6 Å². The first-order valence-electron chi connectivity index (χ1n) is 4.47. The summed E-state index contributed by atoms with van der Waals surface area (Å²) in [4.78, 5) is 8.19. The number of nitrogens with zero attached hydrogens (tertiary/aromatic N) is 2. The summed E-state index contributed by atoms with van der Waals surface area (Å²) in [5.74, 6) is 0. The molecule has 0 radical (unpaired) electrons. The molecule has 0 atom stereocenters. The molecule has 0 spiro atoms. The molecule has 0 aliphatic carbocycles. The van der Waals surface area contributed by atoms with Crippen molar-refractivity contribution in [3.8, 4) is 11.3 Å². The summed E-state index contributed by atoms with van der Waals surface area (Å²) >= 11 is 5.79. The van der Waals surface area contributed by atoms with E-state index < -0.39 is 0 Å². The molecule has 0 bridgehead atoms. The van der Waals surface area contributed by atoms with Crippen molar-refractivity contribution in [1.29, 1.82) is 0 Å². The van der Waals surface area contributed by atoms with Crippen molar-refractivity contribution in [1.82, 2.24) is 9.97 Å². The number of aliphatic hydroxyl groups is 1. The molecule has 0 aromatic carbocycles. The Balaban J connectivity index is 2.53. The van der Waals surface area contributed by atoms with Crippen LogP contribution in [0.4, 0.5) is 0 Å². The van der Waals surface area contributed by atoms with Gasteiger partial charge in [-0.05, 0) is 18.2 Å². The molecular formula is C11H9ClN2O. The van der Waals surface area contributed by atoms with Gasteiger partial charge >= 0.3 is 0 Å². The van der Waals surface area contributed by atoms with Crippen LogP contribution in [0.1, 0.15) is 5.56 Å². The van der Waals surface area contributed by atoms with Crippen molar-refractivity contribution < 1.29 is 5.11 Å². The molecule has 1 N–H and O–H groups in total. The number of hydrogen-bond acceptors (Lipinski definition) is 3. The third-order valence-corrected chi connectivity index (χ3v) is 2.25. The minimum atomic E-state index is -0.0855. The summed E-state index contributed by atoms with van der Waals surface area (Å²) in [7, 11) is 0. The van der Waals surface area contributed by atoms with E-state index in [1.165, 1.54) is 0 Å². The number of halogens is 1. The number of rotatable bonds is 2. The van der Waals surface area contributed by atoms with E-state index in [-0.39, 0.29) is 6.61 Å². The molecule has 2 rings (SSSR count). The first-order valence-corrected chi connectivity index (χ1v) is 4.84. The third-order valence-electron chi connectivity index (χ3n) is 2.04. The summed E-state index contributed by atoms with van der Waals surface area (Å²) in [6, 6.07) is 5.42. The monoisotopic (exact) mass is 220 g/mol. The van der Waals surface area contributed by atoms with Crippen LogP contribution in [0.15, 0.2) is 36.8 Å².